The second kappa shape index (κ2) is 37.2. The van der Waals surface area contributed by atoms with Crippen molar-refractivity contribution in [3.63, 3.8) is 0 Å². The summed E-state index contributed by atoms with van der Waals surface area (Å²) >= 11 is 0. The van der Waals surface area contributed by atoms with Gasteiger partial charge in [-0.1, -0.05) is 57.4 Å². The Hall–Kier alpha value is -8.92. The molecule has 2 aliphatic carbocycles. The molecule has 4 fully saturated rings. The summed E-state index contributed by atoms with van der Waals surface area (Å²) in [5.74, 6) is -16.6. The van der Waals surface area contributed by atoms with E-state index in [0.29, 0.717) is 44.2 Å². The van der Waals surface area contributed by atoms with Crippen LogP contribution in [0.3, 0.4) is 0 Å². The van der Waals surface area contributed by atoms with Crippen LogP contribution in [0.25, 0.3) is 0 Å². The van der Waals surface area contributed by atoms with Crippen LogP contribution in [0.2, 0.25) is 0 Å². The summed E-state index contributed by atoms with van der Waals surface area (Å²) in [6.07, 6.45) is -13.2. The van der Waals surface area contributed by atoms with Crippen LogP contribution in [-0.2, 0) is 87.5 Å². The Morgan fingerprint density at radius 2 is 1.29 bits per heavy atom. The van der Waals surface area contributed by atoms with Gasteiger partial charge in [0.1, 0.15) is 71.1 Å². The standard InChI is InChI=1S/C74H100F10N12O13/c1-12-42(3)61-69(106)90(7)41-59(99)92(9)52-22-15-14-18-33-95(68(52)105)55(36-43-23-26-46(27-24-43)73(79,80)81)67(104)89(6)40-57(97)85-50(28-25-44-34-48(75)60(49(76)35-44)74(82,83)84)65(102)96-39-47(109-13-2)37-53(96)64(101)87-72(31-19-32-72)71(108)94(11)62(45-20-16-17-21-45)70(107)93(10)54(66(103)88(4)5)38-58(98)91(8)51(63(100)86-61)29-30-56(77)78/h14-15,23-24,26-27,34-35,42,45,47,50-56,61-62H,12-13,16-22,25,28-33,36-41H2,1-11H3,(H,85,97)(H,86,100)(H,87,101)/b15-14-/t42-,47+,50-,51-,52+,53-,54-,55-,61-,62-/m0/s1. The van der Waals surface area contributed by atoms with Crippen LogP contribution in [-0.4, -0.2) is 271 Å². The first-order valence-corrected chi connectivity index (χ1v) is 36.6. The second-order valence-electron chi connectivity index (χ2n) is 29.4. The van der Waals surface area contributed by atoms with Crippen molar-refractivity contribution in [1.82, 2.24) is 60.0 Å². The lowest BCUT2D eigenvalue weighted by atomic mass is 9.74. The van der Waals surface area contributed by atoms with Crippen LogP contribution in [0.15, 0.2) is 48.6 Å². The Balaban J connectivity index is 1.35. The van der Waals surface area contributed by atoms with E-state index in [1.54, 1.807) is 32.9 Å². The minimum Gasteiger partial charge on any atom is -0.377 e. The summed E-state index contributed by atoms with van der Waals surface area (Å²) in [6.45, 7) is 2.46. The number of amides is 12. The number of halogens is 10. The van der Waals surface area contributed by atoms with Gasteiger partial charge in [-0.3, -0.25) is 57.5 Å². The maximum atomic E-state index is 15.5. The van der Waals surface area contributed by atoms with E-state index in [9.17, 15) is 63.9 Å². The molecule has 2 aromatic rings. The van der Waals surface area contributed by atoms with E-state index in [1.807, 2.05) is 0 Å². The zero-order valence-corrected chi connectivity index (χ0v) is 63.2. The molecule has 0 unspecified atom stereocenters. The molecule has 2 aromatic carbocycles. The molecule has 12 amide bonds. The summed E-state index contributed by atoms with van der Waals surface area (Å²) in [5.41, 5.74) is -5.40. The topological polar surface area (TPSA) is 279 Å². The molecule has 0 radical (unpaired) electrons. The number of nitrogens with one attached hydrogen (secondary N) is 3. The van der Waals surface area contributed by atoms with Crippen LogP contribution in [0.1, 0.15) is 139 Å². The first-order chi connectivity index (χ1) is 51.1. The fraction of sp³-hybridized carbons (Fsp3) is 0.649. The summed E-state index contributed by atoms with van der Waals surface area (Å²) in [4.78, 5) is 189. The third kappa shape index (κ3) is 21.2. The molecule has 3 aliphatic heterocycles. The monoisotopic (exact) mass is 1550 g/mol. The smallest absolute Gasteiger partial charge is 0.377 e. The molecule has 3 N–H and O–H groups in total. The number of hydrogen-bond donors (Lipinski definition) is 3. The molecular weight excluding hydrogens is 1450 g/mol. The van der Waals surface area contributed by atoms with Gasteiger partial charge in [0.2, 0.25) is 77.3 Å². The van der Waals surface area contributed by atoms with Crippen molar-refractivity contribution in [2.75, 3.05) is 89.2 Å². The molecule has 3 heterocycles. The van der Waals surface area contributed by atoms with Gasteiger partial charge in [0.15, 0.2) is 0 Å². The van der Waals surface area contributed by atoms with E-state index in [1.165, 1.54) is 42.3 Å². The largest absolute Gasteiger partial charge is 0.422 e. The molecule has 2 saturated heterocycles. The molecular formula is C74H100F10N12O13. The van der Waals surface area contributed by atoms with Gasteiger partial charge >= 0.3 is 12.4 Å². The fourth-order valence-corrected chi connectivity index (χ4v) is 14.9. The molecule has 1 spiro atoms. The zero-order valence-electron chi connectivity index (χ0n) is 63.2. The number of rotatable bonds is 14. The lowest BCUT2D eigenvalue weighted by molar-refractivity contribution is -0.158. The number of carbonyl (C=O) groups is 12. The van der Waals surface area contributed by atoms with Crippen molar-refractivity contribution in [1.29, 1.82) is 0 Å². The number of ether oxygens (including phenoxy) is 1. The van der Waals surface area contributed by atoms with E-state index in [0.717, 1.165) is 82.5 Å². The number of hydrogen-bond acceptors (Lipinski definition) is 13. The third-order valence-electron chi connectivity index (χ3n) is 21.7. The maximum Gasteiger partial charge on any atom is 0.422 e. The van der Waals surface area contributed by atoms with Crippen LogP contribution in [0.5, 0.6) is 0 Å². The molecule has 7 rings (SSSR count). The number of likely N-dealkylation sites (N-methyl/N-ethyl adjacent to an activating group) is 7. The van der Waals surface area contributed by atoms with Crippen molar-refractivity contribution < 1.29 is 106 Å². The first kappa shape index (κ1) is 87.3. The Morgan fingerprint density at radius 1 is 0.670 bits per heavy atom. The average molecular weight is 1560 g/mol. The van der Waals surface area contributed by atoms with Crippen molar-refractivity contribution in [3.05, 3.63) is 82.4 Å². The van der Waals surface area contributed by atoms with Crippen LogP contribution in [0.4, 0.5) is 43.9 Å². The lowest BCUT2D eigenvalue weighted by Gasteiger charge is -2.46. The molecule has 10 atom stereocenters. The number of benzene rings is 2. The highest BCUT2D eigenvalue weighted by Crippen LogP contribution is 2.40. The number of carbonyl (C=O) groups excluding carboxylic acids is 12. The number of nitrogens with zero attached hydrogens (tertiary/aromatic N) is 9. The number of alkyl halides is 8. The van der Waals surface area contributed by atoms with Crippen LogP contribution in [0, 0.1) is 23.5 Å². The Bertz CT molecular complexity index is 3660. The molecule has 0 aromatic heterocycles. The highest BCUT2D eigenvalue weighted by molar-refractivity contribution is 6.01. The van der Waals surface area contributed by atoms with Gasteiger partial charge in [-0.25, -0.2) is 17.6 Å². The Kier molecular flexibility index (Phi) is 29.8. The van der Waals surface area contributed by atoms with Gasteiger partial charge in [0, 0.05) is 95.3 Å². The summed E-state index contributed by atoms with van der Waals surface area (Å²) < 4.78 is 148. The van der Waals surface area contributed by atoms with E-state index in [2.05, 4.69) is 16.0 Å². The van der Waals surface area contributed by atoms with Crippen LogP contribution >= 0.6 is 0 Å². The van der Waals surface area contributed by atoms with E-state index >= 15 is 37.5 Å². The minimum absolute atomic E-state index is 0.0125. The molecule has 25 nitrogen and oxygen atoms in total. The summed E-state index contributed by atoms with van der Waals surface area (Å²) in [7, 11) is 9.94. The van der Waals surface area contributed by atoms with E-state index in [-0.39, 0.29) is 63.8 Å². The van der Waals surface area contributed by atoms with Gasteiger partial charge in [-0.2, -0.15) is 26.3 Å². The SMILES string of the molecule is CCO[C@@H]1C[C@H]2C(=O)NC3(CCC3)C(=O)N(C)[C@@H](C3CCCC3)C(=O)N(C)[C@H](C(=O)N(C)C)CC(=O)N(C)[C@@H](CCC(F)F)C(=O)N[C@@H]([C@@H](C)CC)C(=O)N(C)CC(=O)N(C)[C@@H]3C/C=C\CCN(C3=O)[C@@H](Cc3ccc(C(F)(F)F)cc3)C(=O)N(C)CC(=O)N[C@@H](CCc3cc(F)c(C(F)(F)F)c(F)c3)C(=O)N2C1. The first-order valence-electron chi connectivity index (χ1n) is 36.6. The lowest BCUT2D eigenvalue weighted by Crippen LogP contribution is -2.68. The van der Waals surface area contributed by atoms with Gasteiger partial charge < -0.3 is 64.8 Å². The van der Waals surface area contributed by atoms with E-state index < -0.39 is 241 Å². The Morgan fingerprint density at radius 3 is 1.85 bits per heavy atom. The summed E-state index contributed by atoms with van der Waals surface area (Å²) in [6, 6.07) is -8.52. The highest BCUT2D eigenvalue weighted by Gasteiger charge is 2.54. The molecule has 2 bridgehead atoms. The van der Waals surface area contributed by atoms with Gasteiger partial charge in [-0.15, -0.1) is 0 Å². The van der Waals surface area contributed by atoms with Gasteiger partial charge in [0.05, 0.1) is 31.2 Å². The fourth-order valence-electron chi connectivity index (χ4n) is 14.9. The molecule has 604 valence electrons. The van der Waals surface area contributed by atoms with Crippen molar-refractivity contribution >= 4 is 70.9 Å². The van der Waals surface area contributed by atoms with Crippen LogP contribution < -0.4 is 16.0 Å². The zero-order chi connectivity index (χ0) is 81.1. The quantitative estimate of drug-likeness (QED) is 0.151. The number of fused-ring (bicyclic) bond motifs is 3. The van der Waals surface area contributed by atoms with Crippen molar-refractivity contribution in [2.45, 2.75) is 209 Å². The minimum atomic E-state index is -5.48. The number of aryl methyl sites for hydroxylation is 1. The highest BCUT2D eigenvalue weighted by atomic mass is 19.4. The molecule has 2 saturated carbocycles. The van der Waals surface area contributed by atoms with Gasteiger partial charge in [-0.05, 0) is 118 Å². The van der Waals surface area contributed by atoms with Crippen molar-refractivity contribution in [2.24, 2.45) is 11.8 Å². The van der Waals surface area contributed by atoms with E-state index in [4.69, 9.17) is 4.74 Å². The Labute approximate surface area is 627 Å². The maximum absolute atomic E-state index is 15.5. The predicted molar refractivity (Wildman–Crippen MR) is 374 cm³/mol. The molecule has 109 heavy (non-hydrogen) atoms. The average Bonchev–Trinajstić information content (AvgIpc) is 1.73. The molecule has 5 aliphatic rings. The third-order valence-corrected chi connectivity index (χ3v) is 21.7. The summed E-state index contributed by atoms with van der Waals surface area (Å²) in [5, 5.41) is 7.97. The normalized spacial score (nSPS) is 26.0. The van der Waals surface area contributed by atoms with Gasteiger partial charge in [0.25, 0.3) is 0 Å². The van der Waals surface area contributed by atoms with Crippen molar-refractivity contribution in [3.8, 4) is 0 Å². The molecule has 35 heteroatoms. The predicted octanol–water partition coefficient (Wildman–Crippen LogP) is 5.74. The second-order valence-corrected chi connectivity index (χ2v) is 29.4.